The van der Waals surface area contributed by atoms with Crippen LogP contribution in [0.1, 0.15) is 24.4 Å². The lowest BCUT2D eigenvalue weighted by atomic mass is 9.90. The van der Waals surface area contributed by atoms with Crippen LogP contribution in [-0.4, -0.2) is 77.9 Å². The predicted molar refractivity (Wildman–Crippen MR) is 123 cm³/mol. The second-order valence-electron chi connectivity index (χ2n) is 8.44. The van der Waals surface area contributed by atoms with Gasteiger partial charge in [-0.1, -0.05) is 17.0 Å². The molecule has 2 aliphatic heterocycles. The van der Waals surface area contributed by atoms with E-state index >= 15 is 0 Å². The molecule has 2 saturated heterocycles. The summed E-state index contributed by atoms with van der Waals surface area (Å²) in [6, 6.07) is 5.34. The number of aromatic nitrogens is 6. The van der Waals surface area contributed by atoms with E-state index in [1.54, 1.807) is 35.8 Å². The Bertz CT molecular complexity index is 1240. The van der Waals surface area contributed by atoms with Gasteiger partial charge in [0.2, 0.25) is 0 Å². The standard InChI is InChI=1S/C21H22BrN7O4S/c1-11-4-5-28(26-11)15-9-29(27-25-15)16-17-19(21(2,30)10-32-17)33-20(18(16)31-3)34-14-6-12(22)8-24-13(14)7-23/h4-6,8-9,16-20,30H,10H2,1-3H3/t16?,17-,18?,19?,20-,21?/m1/s1. The van der Waals surface area contributed by atoms with Crippen molar-refractivity contribution in [2.45, 2.75) is 54.1 Å². The summed E-state index contributed by atoms with van der Waals surface area (Å²) in [4.78, 5) is 4.82. The van der Waals surface area contributed by atoms with Crippen molar-refractivity contribution in [3.63, 3.8) is 0 Å². The molecule has 4 unspecified atom stereocenters. The predicted octanol–water partition coefficient (Wildman–Crippen LogP) is 2.02. The molecule has 0 aliphatic carbocycles. The zero-order valence-corrected chi connectivity index (χ0v) is 21.0. The zero-order valence-electron chi connectivity index (χ0n) is 18.6. The van der Waals surface area contributed by atoms with E-state index in [9.17, 15) is 10.4 Å². The van der Waals surface area contributed by atoms with E-state index in [1.807, 2.05) is 25.3 Å². The van der Waals surface area contributed by atoms with Gasteiger partial charge in [0.1, 0.15) is 41.5 Å². The molecule has 34 heavy (non-hydrogen) atoms. The first kappa shape index (κ1) is 23.4. The summed E-state index contributed by atoms with van der Waals surface area (Å²) in [7, 11) is 1.58. The van der Waals surface area contributed by atoms with Gasteiger partial charge in [-0.3, -0.25) is 0 Å². The van der Waals surface area contributed by atoms with E-state index in [1.165, 1.54) is 11.8 Å². The van der Waals surface area contributed by atoms with Crippen LogP contribution in [0, 0.1) is 18.3 Å². The minimum absolute atomic E-state index is 0.106. The largest absolute Gasteiger partial charge is 0.385 e. The number of halogens is 1. The van der Waals surface area contributed by atoms with E-state index in [0.717, 1.165) is 10.2 Å². The summed E-state index contributed by atoms with van der Waals surface area (Å²) < 4.78 is 22.3. The summed E-state index contributed by atoms with van der Waals surface area (Å²) in [5.74, 6) is 0.544. The van der Waals surface area contributed by atoms with E-state index < -0.39 is 35.4 Å². The van der Waals surface area contributed by atoms with Gasteiger partial charge in [0.25, 0.3) is 0 Å². The summed E-state index contributed by atoms with van der Waals surface area (Å²) in [6.07, 6.45) is 3.43. The Hall–Kier alpha value is -2.34. The number of rotatable bonds is 5. The second kappa shape index (κ2) is 9.03. The van der Waals surface area contributed by atoms with Crippen molar-refractivity contribution in [1.29, 1.82) is 5.26 Å². The number of aryl methyl sites for hydroxylation is 1. The molecule has 0 saturated carbocycles. The number of pyridine rings is 1. The zero-order chi connectivity index (χ0) is 24.0. The molecule has 13 heteroatoms. The van der Waals surface area contributed by atoms with Gasteiger partial charge in [0.05, 0.1) is 18.5 Å². The monoisotopic (exact) mass is 547 g/mol. The maximum Gasteiger partial charge on any atom is 0.195 e. The van der Waals surface area contributed by atoms with Crippen LogP contribution < -0.4 is 0 Å². The first-order valence-corrected chi connectivity index (χ1v) is 12.2. The first-order chi connectivity index (χ1) is 16.3. The average Bonchev–Trinajstić information content (AvgIpc) is 3.52. The van der Waals surface area contributed by atoms with Crippen molar-refractivity contribution in [2.24, 2.45) is 0 Å². The van der Waals surface area contributed by atoms with Crippen LogP contribution >= 0.6 is 27.7 Å². The third-order valence-electron chi connectivity index (χ3n) is 5.90. The molecule has 3 aromatic heterocycles. The minimum Gasteiger partial charge on any atom is -0.385 e. The summed E-state index contributed by atoms with van der Waals surface area (Å²) in [5, 5.41) is 33.5. The third kappa shape index (κ3) is 4.15. The van der Waals surface area contributed by atoms with Crippen molar-refractivity contribution in [1.82, 2.24) is 29.8 Å². The number of hydrogen-bond donors (Lipinski definition) is 1. The number of hydrogen-bond acceptors (Lipinski definition) is 10. The molecule has 3 aromatic rings. The van der Waals surface area contributed by atoms with Crippen LogP contribution in [0.25, 0.3) is 5.82 Å². The topological polar surface area (TPSA) is 133 Å². The summed E-state index contributed by atoms with van der Waals surface area (Å²) in [6.45, 7) is 3.69. The van der Waals surface area contributed by atoms with Crippen molar-refractivity contribution in [3.8, 4) is 11.9 Å². The van der Waals surface area contributed by atoms with Gasteiger partial charge in [-0.2, -0.15) is 10.4 Å². The number of ether oxygens (including phenoxy) is 3. The minimum atomic E-state index is -1.21. The van der Waals surface area contributed by atoms with Crippen molar-refractivity contribution in [2.75, 3.05) is 13.7 Å². The number of fused-ring (bicyclic) bond motifs is 1. The molecule has 11 nitrogen and oxygen atoms in total. The van der Waals surface area contributed by atoms with Crippen molar-refractivity contribution in [3.05, 3.63) is 46.6 Å². The first-order valence-electron chi connectivity index (χ1n) is 10.5. The fourth-order valence-electron chi connectivity index (χ4n) is 4.29. The van der Waals surface area contributed by atoms with Gasteiger partial charge in [0, 0.05) is 28.9 Å². The molecule has 2 aliphatic rings. The highest BCUT2D eigenvalue weighted by molar-refractivity contribution is 9.10. The molecule has 0 spiro atoms. The Morgan fingerprint density at radius 3 is 2.97 bits per heavy atom. The quantitative estimate of drug-likeness (QED) is 0.505. The molecular formula is C21H22BrN7O4S. The molecule has 0 bridgehead atoms. The average molecular weight is 548 g/mol. The fourth-order valence-corrected chi connectivity index (χ4v) is 6.01. The maximum atomic E-state index is 11.0. The molecular weight excluding hydrogens is 526 g/mol. The third-order valence-corrected chi connectivity index (χ3v) is 7.51. The Morgan fingerprint density at radius 2 is 2.26 bits per heavy atom. The lowest BCUT2D eigenvalue weighted by molar-refractivity contribution is -0.182. The molecule has 0 radical (unpaired) electrons. The van der Waals surface area contributed by atoms with Crippen LogP contribution in [0.5, 0.6) is 0 Å². The molecule has 178 valence electrons. The lowest BCUT2D eigenvalue weighted by Crippen LogP contribution is -2.57. The highest BCUT2D eigenvalue weighted by Crippen LogP contribution is 2.46. The van der Waals surface area contributed by atoms with Crippen molar-refractivity contribution < 1.29 is 19.3 Å². The highest BCUT2D eigenvalue weighted by Gasteiger charge is 2.58. The molecule has 0 aromatic carbocycles. The molecule has 0 amide bonds. The second-order valence-corrected chi connectivity index (χ2v) is 10.5. The van der Waals surface area contributed by atoms with Gasteiger partial charge in [-0.25, -0.2) is 14.3 Å². The molecule has 5 heterocycles. The van der Waals surface area contributed by atoms with E-state index in [4.69, 9.17) is 14.2 Å². The maximum absolute atomic E-state index is 11.0. The Morgan fingerprint density at radius 1 is 1.44 bits per heavy atom. The van der Waals surface area contributed by atoms with Crippen LogP contribution in [0.15, 0.2) is 40.1 Å². The van der Waals surface area contributed by atoms with Gasteiger partial charge in [-0.15, -0.1) is 5.10 Å². The van der Waals surface area contributed by atoms with Crippen molar-refractivity contribution >= 4 is 27.7 Å². The van der Waals surface area contributed by atoms with Crippen LogP contribution in [0.2, 0.25) is 0 Å². The summed E-state index contributed by atoms with van der Waals surface area (Å²) >= 11 is 4.72. The number of thioether (sulfide) groups is 1. The van der Waals surface area contributed by atoms with Gasteiger partial charge < -0.3 is 19.3 Å². The van der Waals surface area contributed by atoms with Gasteiger partial charge in [-0.05, 0) is 41.9 Å². The normalized spacial score (nSPS) is 30.8. The van der Waals surface area contributed by atoms with E-state index in [2.05, 4.69) is 42.4 Å². The molecule has 6 atom stereocenters. The van der Waals surface area contributed by atoms with E-state index in [-0.39, 0.29) is 12.3 Å². The number of nitrogens with zero attached hydrogens (tertiary/aromatic N) is 7. The number of methoxy groups -OCH3 is 1. The van der Waals surface area contributed by atoms with Crippen LogP contribution in [-0.2, 0) is 14.2 Å². The SMILES string of the molecule is COC1C(n2cc(-n3ccc(C)n3)nn2)[C@H]2OCC(C)(O)C2O[C@@H]1Sc1cc(Br)cnc1C#N. The Kier molecular flexibility index (Phi) is 6.21. The molecule has 2 fully saturated rings. The molecule has 5 rings (SSSR count). The van der Waals surface area contributed by atoms with Crippen LogP contribution in [0.4, 0.5) is 0 Å². The van der Waals surface area contributed by atoms with Gasteiger partial charge >= 0.3 is 0 Å². The lowest BCUT2D eigenvalue weighted by Gasteiger charge is -2.44. The summed E-state index contributed by atoms with van der Waals surface area (Å²) in [5.41, 5.74) is -0.668. The Labute approximate surface area is 208 Å². The highest BCUT2D eigenvalue weighted by atomic mass is 79.9. The Balaban J connectivity index is 1.53. The van der Waals surface area contributed by atoms with E-state index in [0.29, 0.717) is 10.7 Å². The molecule has 1 N–H and O–H groups in total. The number of nitriles is 1. The smallest absolute Gasteiger partial charge is 0.195 e. The number of aliphatic hydroxyl groups is 1. The fraction of sp³-hybridized carbons (Fsp3) is 0.476. The van der Waals surface area contributed by atoms with Gasteiger partial charge in [0.15, 0.2) is 11.5 Å². The van der Waals surface area contributed by atoms with Crippen LogP contribution in [0.3, 0.4) is 0 Å².